The number of hydrogen-bond donors (Lipinski definition) is 1. The number of amides is 1. The summed E-state index contributed by atoms with van der Waals surface area (Å²) >= 11 is 0. The zero-order chi connectivity index (χ0) is 20.0. The molecule has 1 atom stereocenters. The molecule has 1 unspecified atom stereocenters. The van der Waals surface area contributed by atoms with E-state index < -0.39 is 12.1 Å². The average Bonchev–Trinajstić information content (AvgIpc) is 3.07. The normalized spacial score (nSPS) is 12.8. The fourth-order valence-electron chi connectivity index (χ4n) is 2.76. The number of primary amides is 1. The molecule has 2 aromatic rings. The highest BCUT2D eigenvalue weighted by Gasteiger charge is 2.38. The number of unbranched alkanes of at least 4 members (excludes halogenated alkanes) is 2. The van der Waals surface area contributed by atoms with Gasteiger partial charge in [0.05, 0.1) is 5.92 Å². The molecule has 9 heteroatoms. The molecule has 2 rings (SSSR count). The number of aromatic nitrogens is 2. The summed E-state index contributed by atoms with van der Waals surface area (Å²) in [5.74, 6) is -2.07. The molecule has 1 amide bonds. The summed E-state index contributed by atoms with van der Waals surface area (Å²) in [4.78, 5) is 17.1. The molecule has 0 spiro atoms. The summed E-state index contributed by atoms with van der Waals surface area (Å²) in [5, 5.41) is 3.33. The first-order chi connectivity index (χ1) is 12.7. The van der Waals surface area contributed by atoms with Gasteiger partial charge in [0.15, 0.2) is 5.82 Å². The number of anilines is 1. The van der Waals surface area contributed by atoms with Gasteiger partial charge < -0.3 is 15.2 Å². The van der Waals surface area contributed by atoms with Crippen molar-refractivity contribution in [1.82, 2.24) is 10.1 Å². The fraction of sp³-hybridized carbons (Fsp3) is 0.500. The maximum absolute atomic E-state index is 12.4. The van der Waals surface area contributed by atoms with E-state index in [0.717, 1.165) is 17.7 Å². The Morgan fingerprint density at radius 2 is 1.85 bits per heavy atom. The second-order valence-corrected chi connectivity index (χ2v) is 6.55. The molecule has 0 aliphatic carbocycles. The van der Waals surface area contributed by atoms with Crippen molar-refractivity contribution in [3.8, 4) is 0 Å². The van der Waals surface area contributed by atoms with E-state index in [-0.39, 0.29) is 17.6 Å². The lowest BCUT2D eigenvalue weighted by Gasteiger charge is -2.16. The van der Waals surface area contributed by atoms with E-state index in [1.165, 1.54) is 0 Å². The minimum absolute atomic E-state index is 0.0352. The van der Waals surface area contributed by atoms with E-state index >= 15 is 0 Å². The molecule has 1 aromatic carbocycles. The molecule has 27 heavy (non-hydrogen) atoms. The second kappa shape index (κ2) is 8.88. The van der Waals surface area contributed by atoms with Gasteiger partial charge in [-0.05, 0) is 30.5 Å². The Labute approximate surface area is 155 Å². The molecule has 0 aliphatic rings. The molecule has 0 fully saturated rings. The van der Waals surface area contributed by atoms with Crippen molar-refractivity contribution in [3.05, 3.63) is 41.5 Å². The summed E-state index contributed by atoms with van der Waals surface area (Å²) < 4.78 is 41.4. The molecule has 0 aliphatic heterocycles. The van der Waals surface area contributed by atoms with Gasteiger partial charge in [0.2, 0.25) is 5.91 Å². The number of carbonyl (C=O) groups is 1. The van der Waals surface area contributed by atoms with Crippen LogP contribution in [0.15, 0.2) is 28.8 Å². The number of nitrogens with two attached hydrogens (primary N) is 1. The van der Waals surface area contributed by atoms with Crippen LogP contribution in [0.25, 0.3) is 0 Å². The summed E-state index contributed by atoms with van der Waals surface area (Å²) in [7, 11) is 3.87. The van der Waals surface area contributed by atoms with Gasteiger partial charge in [-0.25, -0.2) is 0 Å². The van der Waals surface area contributed by atoms with E-state index in [9.17, 15) is 18.0 Å². The first-order valence-electron chi connectivity index (χ1n) is 8.65. The van der Waals surface area contributed by atoms with Gasteiger partial charge in [-0.3, -0.25) is 4.79 Å². The first-order valence-corrected chi connectivity index (χ1v) is 8.65. The van der Waals surface area contributed by atoms with Gasteiger partial charge in [-0.15, -0.1) is 0 Å². The highest BCUT2D eigenvalue weighted by atomic mass is 19.4. The lowest BCUT2D eigenvalue weighted by Crippen LogP contribution is -2.21. The molecular weight excluding hydrogens is 361 g/mol. The molecule has 1 heterocycles. The number of carbonyl (C=O) groups excluding carboxylic acids is 1. The minimum atomic E-state index is -4.62. The number of halogens is 3. The first kappa shape index (κ1) is 20.7. The van der Waals surface area contributed by atoms with Gasteiger partial charge in [-0.2, -0.15) is 18.2 Å². The molecule has 0 saturated carbocycles. The third-order valence-corrected chi connectivity index (χ3v) is 4.26. The molecule has 0 bridgehead atoms. The Kier molecular flexibility index (Phi) is 6.81. The Morgan fingerprint density at radius 1 is 1.19 bits per heavy atom. The van der Waals surface area contributed by atoms with Gasteiger partial charge in [0.1, 0.15) is 0 Å². The highest BCUT2D eigenvalue weighted by molar-refractivity contribution is 5.82. The van der Waals surface area contributed by atoms with Crippen molar-refractivity contribution in [1.29, 1.82) is 0 Å². The molecule has 2 N–H and O–H groups in total. The van der Waals surface area contributed by atoms with Crippen LogP contribution in [-0.4, -0.2) is 30.1 Å². The summed E-state index contributed by atoms with van der Waals surface area (Å²) in [6.07, 6.45) is -1.72. The van der Waals surface area contributed by atoms with Crippen LogP contribution in [0.2, 0.25) is 0 Å². The average molecular weight is 384 g/mol. The minimum Gasteiger partial charge on any atom is -0.378 e. The quantitative estimate of drug-likeness (QED) is 0.669. The van der Waals surface area contributed by atoms with Crippen molar-refractivity contribution in [2.24, 2.45) is 5.73 Å². The van der Waals surface area contributed by atoms with E-state index in [4.69, 9.17) is 5.73 Å². The Balaban J connectivity index is 1.81. The molecule has 1 aromatic heterocycles. The van der Waals surface area contributed by atoms with Crippen molar-refractivity contribution < 1.29 is 22.5 Å². The van der Waals surface area contributed by atoms with Crippen molar-refractivity contribution in [3.63, 3.8) is 0 Å². The van der Waals surface area contributed by atoms with Gasteiger partial charge in [0, 0.05) is 26.2 Å². The van der Waals surface area contributed by atoms with Crippen LogP contribution in [0.1, 0.15) is 48.9 Å². The van der Waals surface area contributed by atoms with Gasteiger partial charge in [0.25, 0.3) is 0 Å². The molecular formula is C18H23F3N4O2. The lowest BCUT2D eigenvalue weighted by atomic mass is 9.92. The van der Waals surface area contributed by atoms with Crippen LogP contribution in [0, 0.1) is 0 Å². The summed E-state index contributed by atoms with van der Waals surface area (Å²) in [6, 6.07) is 7.64. The summed E-state index contributed by atoms with van der Waals surface area (Å²) in [5.41, 5.74) is 7.42. The van der Waals surface area contributed by atoms with E-state index in [1.54, 1.807) is 0 Å². The number of nitrogens with zero attached hydrogens (tertiary/aromatic N) is 3. The van der Waals surface area contributed by atoms with Crippen LogP contribution in [0.4, 0.5) is 18.9 Å². The number of alkyl halides is 3. The third kappa shape index (κ3) is 5.97. The van der Waals surface area contributed by atoms with E-state index in [0.29, 0.717) is 25.7 Å². The van der Waals surface area contributed by atoms with E-state index in [2.05, 4.69) is 14.7 Å². The fourth-order valence-corrected chi connectivity index (χ4v) is 2.76. The zero-order valence-corrected chi connectivity index (χ0v) is 15.3. The lowest BCUT2D eigenvalue weighted by molar-refractivity contribution is -0.159. The predicted octanol–water partition coefficient (Wildman–Crippen LogP) is 3.53. The van der Waals surface area contributed by atoms with Crippen LogP contribution >= 0.6 is 0 Å². The smallest absolute Gasteiger partial charge is 0.378 e. The van der Waals surface area contributed by atoms with Crippen molar-refractivity contribution in [2.75, 3.05) is 19.0 Å². The number of aryl methyl sites for hydroxylation is 1. The molecule has 0 saturated heterocycles. The maximum atomic E-state index is 12.4. The number of benzene rings is 1. The Morgan fingerprint density at radius 3 is 2.37 bits per heavy atom. The monoisotopic (exact) mass is 384 g/mol. The highest BCUT2D eigenvalue weighted by Crippen LogP contribution is 2.28. The van der Waals surface area contributed by atoms with Crippen LogP contribution < -0.4 is 10.6 Å². The Hall–Kier alpha value is -2.58. The second-order valence-electron chi connectivity index (χ2n) is 6.55. The largest absolute Gasteiger partial charge is 0.471 e. The molecule has 6 nitrogen and oxygen atoms in total. The predicted molar refractivity (Wildman–Crippen MR) is 94.2 cm³/mol. The molecule has 0 radical (unpaired) electrons. The SMILES string of the molecule is CN(C)c1ccc(C(CCCCCc2noc(C(F)(F)F)n2)C(N)=O)cc1. The van der Waals surface area contributed by atoms with Crippen molar-refractivity contribution >= 4 is 11.6 Å². The van der Waals surface area contributed by atoms with Gasteiger partial charge in [-0.1, -0.05) is 30.1 Å². The topological polar surface area (TPSA) is 85.2 Å². The van der Waals surface area contributed by atoms with Crippen molar-refractivity contribution in [2.45, 2.75) is 44.2 Å². The number of hydrogen-bond acceptors (Lipinski definition) is 5. The third-order valence-electron chi connectivity index (χ3n) is 4.26. The van der Waals surface area contributed by atoms with E-state index in [1.807, 2.05) is 43.3 Å². The number of rotatable bonds is 9. The van der Waals surface area contributed by atoms with Crippen LogP contribution in [0.3, 0.4) is 0 Å². The standard InChI is InChI=1S/C18H23F3N4O2/c1-25(2)13-10-8-12(9-11-13)14(16(22)26)6-4-3-5-7-15-23-17(27-24-15)18(19,20)21/h8-11,14H,3-7H2,1-2H3,(H2,22,26). The Bertz CT molecular complexity index is 742. The summed E-state index contributed by atoms with van der Waals surface area (Å²) in [6.45, 7) is 0. The van der Waals surface area contributed by atoms with Crippen LogP contribution in [0.5, 0.6) is 0 Å². The molecule has 148 valence electrons. The zero-order valence-electron chi connectivity index (χ0n) is 15.3. The van der Waals surface area contributed by atoms with Crippen LogP contribution in [-0.2, 0) is 17.4 Å². The van der Waals surface area contributed by atoms with Gasteiger partial charge >= 0.3 is 12.1 Å². The maximum Gasteiger partial charge on any atom is 0.471 e.